The van der Waals surface area contributed by atoms with E-state index in [1.165, 1.54) is 12.0 Å². The van der Waals surface area contributed by atoms with Crippen LogP contribution < -0.4 is 9.80 Å². The van der Waals surface area contributed by atoms with Gasteiger partial charge in [0.05, 0.1) is 12.1 Å². The van der Waals surface area contributed by atoms with E-state index in [1.54, 1.807) is 18.1 Å². The van der Waals surface area contributed by atoms with Crippen molar-refractivity contribution in [1.29, 1.82) is 0 Å². The van der Waals surface area contributed by atoms with E-state index in [-0.39, 0.29) is 0 Å². The van der Waals surface area contributed by atoms with Gasteiger partial charge in [-0.25, -0.2) is 19.9 Å². The van der Waals surface area contributed by atoms with E-state index in [9.17, 15) is 0 Å². The topological polar surface area (TPSA) is 58.0 Å². The van der Waals surface area contributed by atoms with Crippen molar-refractivity contribution in [3.63, 3.8) is 0 Å². The van der Waals surface area contributed by atoms with Crippen molar-refractivity contribution in [2.24, 2.45) is 0 Å². The Morgan fingerprint density at radius 2 is 1.96 bits per heavy atom. The Kier molecular flexibility index (Phi) is 3.60. The van der Waals surface area contributed by atoms with Crippen LogP contribution in [0.4, 0.5) is 11.6 Å². The maximum atomic E-state index is 4.76. The summed E-state index contributed by atoms with van der Waals surface area (Å²) in [6, 6.07) is 3.02. The highest BCUT2D eigenvalue weighted by Gasteiger charge is 2.45. The minimum Gasteiger partial charge on any atom is -0.352 e. The molecule has 2 aromatic heterocycles. The van der Waals surface area contributed by atoms with E-state index in [4.69, 9.17) is 4.98 Å². The van der Waals surface area contributed by atoms with Crippen LogP contribution in [0.3, 0.4) is 0 Å². The average Bonchev–Trinajstić information content (AvgIpc) is 2.58. The van der Waals surface area contributed by atoms with Gasteiger partial charge in [0, 0.05) is 30.5 Å². The molecule has 3 aliphatic heterocycles. The maximum absolute atomic E-state index is 4.76. The number of aromatic nitrogens is 4. The fraction of sp³-hybridized carbons (Fsp3) is 0.500. The molecule has 0 saturated carbocycles. The Morgan fingerprint density at radius 3 is 2.61 bits per heavy atom. The standard InChI is InChI=1S/C16H20N6S/c1-10-11(2)19-16(23-3)20-15(10)21-7-12-6-13(8-21)22(12)14-4-5-17-9-18-14/h4-5,9,12-13H,6-8H2,1-3H3. The number of nitrogens with zero attached hydrogens (tertiary/aromatic N) is 6. The molecule has 7 heteroatoms. The van der Waals surface area contributed by atoms with Crippen LogP contribution in [0.1, 0.15) is 17.7 Å². The van der Waals surface area contributed by atoms with Crippen LogP contribution in [0.2, 0.25) is 0 Å². The monoisotopic (exact) mass is 328 g/mol. The fourth-order valence-corrected chi connectivity index (χ4v) is 3.99. The fourth-order valence-electron chi connectivity index (χ4n) is 3.58. The first-order valence-electron chi connectivity index (χ1n) is 7.86. The van der Waals surface area contributed by atoms with Crippen LogP contribution >= 0.6 is 11.8 Å². The molecule has 0 aromatic carbocycles. The lowest BCUT2D eigenvalue weighted by atomic mass is 9.87. The SMILES string of the molecule is CSc1nc(C)c(C)c(N2CC3CC(C2)N3c2ccncn2)n1. The predicted molar refractivity (Wildman–Crippen MR) is 92.2 cm³/mol. The predicted octanol–water partition coefficient (Wildman–Crippen LogP) is 2.07. The summed E-state index contributed by atoms with van der Waals surface area (Å²) in [5.74, 6) is 2.14. The number of hydrogen-bond acceptors (Lipinski definition) is 7. The van der Waals surface area contributed by atoms with Gasteiger partial charge in [-0.05, 0) is 32.6 Å². The molecular weight excluding hydrogens is 308 g/mol. The van der Waals surface area contributed by atoms with Crippen molar-refractivity contribution in [3.8, 4) is 0 Å². The van der Waals surface area contributed by atoms with Gasteiger partial charge in [-0.2, -0.15) is 0 Å². The second kappa shape index (κ2) is 5.63. The van der Waals surface area contributed by atoms with Crippen molar-refractivity contribution in [1.82, 2.24) is 19.9 Å². The lowest BCUT2D eigenvalue weighted by molar-refractivity contribution is 0.287. The summed E-state index contributed by atoms with van der Waals surface area (Å²) in [6.07, 6.45) is 6.71. The number of aryl methyl sites for hydroxylation is 1. The highest BCUT2D eigenvalue weighted by Crippen LogP contribution is 2.38. The van der Waals surface area contributed by atoms with Gasteiger partial charge >= 0.3 is 0 Å². The zero-order valence-corrected chi connectivity index (χ0v) is 14.4. The Morgan fingerprint density at radius 1 is 1.17 bits per heavy atom. The van der Waals surface area contributed by atoms with E-state index in [0.717, 1.165) is 35.6 Å². The quantitative estimate of drug-likeness (QED) is 0.631. The number of thioether (sulfide) groups is 1. The van der Waals surface area contributed by atoms with Gasteiger partial charge < -0.3 is 9.80 Å². The smallest absolute Gasteiger partial charge is 0.189 e. The minimum absolute atomic E-state index is 0.510. The van der Waals surface area contributed by atoms with E-state index in [1.807, 2.05) is 18.5 Å². The summed E-state index contributed by atoms with van der Waals surface area (Å²) in [5, 5.41) is 0.856. The first-order valence-corrected chi connectivity index (χ1v) is 9.08. The molecule has 0 aliphatic carbocycles. The minimum atomic E-state index is 0.510. The first-order chi connectivity index (χ1) is 11.2. The largest absolute Gasteiger partial charge is 0.352 e. The average molecular weight is 328 g/mol. The van der Waals surface area contributed by atoms with Crippen LogP contribution in [0.25, 0.3) is 0 Å². The van der Waals surface area contributed by atoms with Gasteiger partial charge in [-0.3, -0.25) is 0 Å². The Labute approximate surface area is 140 Å². The molecule has 2 aromatic rings. The third kappa shape index (κ3) is 2.43. The maximum Gasteiger partial charge on any atom is 0.189 e. The Bertz CT molecular complexity index is 710. The lowest BCUT2D eigenvalue weighted by Crippen LogP contribution is -2.69. The van der Waals surface area contributed by atoms with Crippen LogP contribution in [0, 0.1) is 13.8 Å². The number of piperazine rings is 1. The summed E-state index contributed by atoms with van der Waals surface area (Å²) in [7, 11) is 0. The van der Waals surface area contributed by atoms with Crippen molar-refractivity contribution in [2.75, 3.05) is 29.1 Å². The van der Waals surface area contributed by atoms with E-state index in [0.29, 0.717) is 12.1 Å². The lowest BCUT2D eigenvalue weighted by Gasteiger charge is -2.57. The van der Waals surface area contributed by atoms with Crippen LogP contribution in [0.5, 0.6) is 0 Å². The molecule has 5 heterocycles. The molecule has 0 radical (unpaired) electrons. The van der Waals surface area contributed by atoms with E-state index in [2.05, 4.69) is 38.6 Å². The molecule has 0 amide bonds. The molecule has 0 N–H and O–H groups in total. The molecule has 120 valence electrons. The zero-order valence-electron chi connectivity index (χ0n) is 13.6. The molecule has 2 atom stereocenters. The molecule has 2 unspecified atom stereocenters. The van der Waals surface area contributed by atoms with Crippen molar-refractivity contribution < 1.29 is 0 Å². The van der Waals surface area contributed by atoms with Crippen LogP contribution in [0.15, 0.2) is 23.7 Å². The molecule has 0 spiro atoms. The Balaban J connectivity index is 1.58. The third-order valence-electron chi connectivity index (χ3n) is 4.85. The molecule has 23 heavy (non-hydrogen) atoms. The van der Waals surface area contributed by atoms with Gasteiger partial charge in [0.1, 0.15) is 18.0 Å². The van der Waals surface area contributed by atoms with Crippen molar-refractivity contribution in [2.45, 2.75) is 37.5 Å². The molecule has 5 rings (SSSR count). The molecule has 3 saturated heterocycles. The van der Waals surface area contributed by atoms with E-state index < -0.39 is 0 Å². The summed E-state index contributed by atoms with van der Waals surface area (Å²) in [6.45, 7) is 6.17. The van der Waals surface area contributed by atoms with Gasteiger partial charge in [-0.1, -0.05) is 11.8 Å². The highest BCUT2D eigenvalue weighted by atomic mass is 32.2. The summed E-state index contributed by atoms with van der Waals surface area (Å²) in [5.41, 5.74) is 2.27. The van der Waals surface area contributed by atoms with Crippen molar-refractivity contribution >= 4 is 23.4 Å². The van der Waals surface area contributed by atoms with Crippen LogP contribution in [-0.4, -0.2) is 51.4 Å². The summed E-state index contributed by atoms with van der Waals surface area (Å²) in [4.78, 5) is 22.6. The molecule has 6 nitrogen and oxygen atoms in total. The van der Waals surface area contributed by atoms with Crippen molar-refractivity contribution in [3.05, 3.63) is 29.8 Å². The van der Waals surface area contributed by atoms with E-state index >= 15 is 0 Å². The third-order valence-corrected chi connectivity index (χ3v) is 5.40. The Hall–Kier alpha value is -1.89. The van der Waals surface area contributed by atoms with Gasteiger partial charge in [0.25, 0.3) is 0 Å². The van der Waals surface area contributed by atoms with Gasteiger partial charge in [0.15, 0.2) is 5.16 Å². The zero-order chi connectivity index (χ0) is 16.0. The number of anilines is 2. The number of rotatable bonds is 3. The highest BCUT2D eigenvalue weighted by molar-refractivity contribution is 7.98. The van der Waals surface area contributed by atoms with Gasteiger partial charge in [0.2, 0.25) is 0 Å². The van der Waals surface area contributed by atoms with Gasteiger partial charge in [-0.15, -0.1) is 0 Å². The summed E-state index contributed by atoms with van der Waals surface area (Å²) < 4.78 is 0. The number of piperidine rings is 1. The van der Waals surface area contributed by atoms with Crippen LogP contribution in [-0.2, 0) is 0 Å². The second-order valence-corrected chi connectivity index (χ2v) is 6.94. The first kappa shape index (κ1) is 14.7. The second-order valence-electron chi connectivity index (χ2n) is 6.17. The molecule has 2 bridgehead atoms. The molecule has 3 aliphatic rings. The normalized spacial score (nSPS) is 22.9. The summed E-state index contributed by atoms with van der Waals surface area (Å²) >= 11 is 1.60. The molecular formula is C16H20N6S. The molecule has 3 fully saturated rings. The number of hydrogen-bond donors (Lipinski definition) is 0. The number of fused-ring (bicyclic) bond motifs is 2.